The lowest BCUT2D eigenvalue weighted by Gasteiger charge is -2.28. The summed E-state index contributed by atoms with van der Waals surface area (Å²) < 4.78 is 80.4. The van der Waals surface area contributed by atoms with Crippen molar-refractivity contribution in [2.45, 2.75) is 25.7 Å². The van der Waals surface area contributed by atoms with E-state index in [1.54, 1.807) is 24.3 Å². The van der Waals surface area contributed by atoms with E-state index in [-0.39, 0.29) is 69.2 Å². The van der Waals surface area contributed by atoms with Gasteiger partial charge in [-0.05, 0) is 73.2 Å². The molecule has 0 saturated heterocycles. The number of nitrogens with zero attached hydrogens (tertiary/aromatic N) is 2. The van der Waals surface area contributed by atoms with E-state index in [1.165, 1.54) is 43.2 Å². The minimum absolute atomic E-state index is 0.00938. The quantitative estimate of drug-likeness (QED) is 0.155. The molecular weight excluding hydrogens is 685 g/mol. The van der Waals surface area contributed by atoms with Crippen LogP contribution in [0.4, 0.5) is 27.6 Å². The SMILES string of the molecule is COc1ccc(CN2C(=O)c3c(c(NC(=O)c4cc(F)cc(C(F)(F)F)c4)cc4nc(OCC(C)=O)ccc34)C2c2cc(F)ccc2Cl)cc1. The summed E-state index contributed by atoms with van der Waals surface area (Å²) in [4.78, 5) is 45.5. The number of Topliss-reactive ketones (excluding diaryl/α,β-unsaturated/α-hetero) is 1. The highest BCUT2D eigenvalue weighted by Crippen LogP contribution is 2.48. The molecule has 6 rings (SSSR count). The van der Waals surface area contributed by atoms with Gasteiger partial charge in [0.2, 0.25) is 5.88 Å². The van der Waals surface area contributed by atoms with Gasteiger partial charge in [-0.25, -0.2) is 13.8 Å². The molecule has 8 nitrogen and oxygen atoms in total. The van der Waals surface area contributed by atoms with Gasteiger partial charge in [0.1, 0.15) is 24.0 Å². The fourth-order valence-corrected chi connectivity index (χ4v) is 6.00. The van der Waals surface area contributed by atoms with Gasteiger partial charge in [0, 0.05) is 45.4 Å². The first-order chi connectivity index (χ1) is 23.7. The molecule has 1 N–H and O–H groups in total. The van der Waals surface area contributed by atoms with Crippen LogP contribution in [0.3, 0.4) is 0 Å². The van der Waals surface area contributed by atoms with Gasteiger partial charge in [0.15, 0.2) is 5.78 Å². The molecule has 1 aliphatic heterocycles. The standard InChI is InChI=1S/C36H25ClF5N3O5/c1-18(46)17-50-30-10-8-25-28(43-30)15-29(44-34(47)20-11-21(36(40,41)42)13-23(39)12-20)32-31(25)35(48)45(16-19-3-6-24(49-2)7-4-19)33(32)26-14-22(38)5-9-27(26)37/h3-15,33H,16-17H2,1-2H3,(H,44,47). The summed E-state index contributed by atoms with van der Waals surface area (Å²) in [6.45, 7) is 0.977. The largest absolute Gasteiger partial charge is 0.497 e. The monoisotopic (exact) mass is 709 g/mol. The maximum Gasteiger partial charge on any atom is 0.416 e. The van der Waals surface area contributed by atoms with Crippen molar-refractivity contribution in [1.82, 2.24) is 9.88 Å². The number of carbonyl (C=O) groups is 3. The van der Waals surface area contributed by atoms with Gasteiger partial charge in [-0.3, -0.25) is 14.4 Å². The molecule has 0 fully saturated rings. The summed E-state index contributed by atoms with van der Waals surface area (Å²) in [6.07, 6.45) is -4.95. The zero-order valence-electron chi connectivity index (χ0n) is 26.2. The maximum absolute atomic E-state index is 14.8. The van der Waals surface area contributed by atoms with Gasteiger partial charge in [0.05, 0.1) is 29.8 Å². The number of carbonyl (C=O) groups excluding carboxylic acids is 3. The lowest BCUT2D eigenvalue weighted by atomic mass is 9.93. The number of alkyl halides is 3. The van der Waals surface area contributed by atoms with Crippen molar-refractivity contribution < 1.29 is 45.8 Å². The number of benzene rings is 4. The summed E-state index contributed by atoms with van der Waals surface area (Å²) in [7, 11) is 1.50. The lowest BCUT2D eigenvalue weighted by molar-refractivity contribution is -0.137. The average Bonchev–Trinajstić information content (AvgIpc) is 3.36. The van der Waals surface area contributed by atoms with Crippen molar-refractivity contribution in [3.8, 4) is 11.6 Å². The number of pyridine rings is 1. The number of nitrogens with one attached hydrogen (secondary N) is 1. The van der Waals surface area contributed by atoms with Gasteiger partial charge < -0.3 is 19.7 Å². The van der Waals surface area contributed by atoms with Crippen LogP contribution in [0.2, 0.25) is 5.02 Å². The maximum atomic E-state index is 14.8. The Hall–Kier alpha value is -5.56. The van der Waals surface area contributed by atoms with Crippen molar-refractivity contribution >= 4 is 45.8 Å². The van der Waals surface area contributed by atoms with Gasteiger partial charge in [0.25, 0.3) is 11.8 Å². The van der Waals surface area contributed by atoms with Gasteiger partial charge >= 0.3 is 6.18 Å². The third-order valence-corrected chi connectivity index (χ3v) is 8.34. The highest BCUT2D eigenvalue weighted by Gasteiger charge is 2.43. The Labute approximate surface area is 286 Å². The zero-order valence-corrected chi connectivity index (χ0v) is 27.0. The molecule has 2 heterocycles. The molecule has 14 heteroatoms. The number of aromatic nitrogens is 1. The molecule has 0 radical (unpaired) electrons. The number of anilines is 1. The first kappa shape index (κ1) is 34.3. The first-order valence-electron chi connectivity index (χ1n) is 14.9. The molecule has 4 aromatic carbocycles. The number of ether oxygens (including phenoxy) is 2. The molecule has 1 atom stereocenters. The zero-order chi connectivity index (χ0) is 35.9. The molecule has 50 heavy (non-hydrogen) atoms. The van der Waals surface area contributed by atoms with E-state index in [2.05, 4.69) is 10.3 Å². The van der Waals surface area contributed by atoms with Gasteiger partial charge in [-0.15, -0.1) is 0 Å². The van der Waals surface area contributed by atoms with Gasteiger partial charge in [-0.2, -0.15) is 13.2 Å². The molecule has 2 amide bonds. The molecular formula is C36H25ClF5N3O5. The van der Waals surface area contributed by atoms with Crippen molar-refractivity contribution in [1.29, 1.82) is 0 Å². The van der Waals surface area contributed by atoms with Crippen LogP contribution >= 0.6 is 11.6 Å². The fraction of sp³-hybridized carbons (Fsp3) is 0.167. The second kappa shape index (κ2) is 13.4. The second-order valence-electron chi connectivity index (χ2n) is 11.4. The Balaban J connectivity index is 1.57. The second-order valence-corrected chi connectivity index (χ2v) is 11.9. The van der Waals surface area contributed by atoms with Crippen molar-refractivity contribution in [3.63, 3.8) is 0 Å². The normalized spacial score (nSPS) is 14.1. The molecule has 5 aromatic rings. The summed E-state index contributed by atoms with van der Waals surface area (Å²) in [5.74, 6) is -3.39. The van der Waals surface area contributed by atoms with Crippen LogP contribution in [0.1, 0.15) is 55.9 Å². The van der Waals surface area contributed by atoms with E-state index < -0.39 is 46.8 Å². The van der Waals surface area contributed by atoms with E-state index >= 15 is 0 Å². The summed E-state index contributed by atoms with van der Waals surface area (Å²) in [5, 5.41) is 2.91. The van der Waals surface area contributed by atoms with Crippen LogP contribution in [0.5, 0.6) is 11.6 Å². The van der Waals surface area contributed by atoms with E-state index in [9.17, 15) is 36.3 Å². The number of hydrogen-bond donors (Lipinski definition) is 1. The highest BCUT2D eigenvalue weighted by molar-refractivity contribution is 6.31. The number of ketones is 1. The van der Waals surface area contributed by atoms with Crippen molar-refractivity contribution in [2.75, 3.05) is 19.0 Å². The van der Waals surface area contributed by atoms with Gasteiger partial charge in [-0.1, -0.05) is 23.7 Å². The average molecular weight is 710 g/mol. The van der Waals surface area contributed by atoms with E-state index in [0.29, 0.717) is 23.4 Å². The van der Waals surface area contributed by atoms with Crippen LogP contribution in [-0.4, -0.2) is 41.2 Å². The van der Waals surface area contributed by atoms with E-state index in [1.807, 2.05) is 0 Å². The Morgan fingerprint density at radius 2 is 1.70 bits per heavy atom. The lowest BCUT2D eigenvalue weighted by Crippen LogP contribution is -2.28. The molecule has 256 valence electrons. The summed E-state index contributed by atoms with van der Waals surface area (Å²) in [5.41, 5.74) is -1.04. The molecule has 0 spiro atoms. The molecule has 1 aliphatic rings. The minimum Gasteiger partial charge on any atom is -0.497 e. The predicted octanol–water partition coefficient (Wildman–Crippen LogP) is 8.16. The minimum atomic E-state index is -4.95. The topological polar surface area (TPSA) is 97.8 Å². The Morgan fingerprint density at radius 1 is 0.960 bits per heavy atom. The number of halogens is 6. The molecule has 0 aliphatic carbocycles. The summed E-state index contributed by atoms with van der Waals surface area (Å²) in [6, 6.07) is 15.0. The van der Waals surface area contributed by atoms with E-state index in [4.69, 9.17) is 21.1 Å². The highest BCUT2D eigenvalue weighted by atomic mass is 35.5. The molecule has 1 aromatic heterocycles. The van der Waals surface area contributed by atoms with E-state index in [0.717, 1.165) is 12.1 Å². The first-order valence-corrected chi connectivity index (χ1v) is 15.3. The Morgan fingerprint density at radius 3 is 2.38 bits per heavy atom. The van der Waals surface area contributed by atoms with Crippen LogP contribution in [0.25, 0.3) is 10.9 Å². The van der Waals surface area contributed by atoms with Crippen LogP contribution in [0, 0.1) is 11.6 Å². The Bertz CT molecular complexity index is 2180. The Kier molecular flexibility index (Phi) is 9.19. The predicted molar refractivity (Wildman–Crippen MR) is 173 cm³/mol. The number of hydrogen-bond acceptors (Lipinski definition) is 6. The number of rotatable bonds is 9. The molecule has 1 unspecified atom stereocenters. The van der Waals surface area contributed by atoms with Crippen LogP contribution in [0.15, 0.2) is 78.9 Å². The van der Waals surface area contributed by atoms with Crippen molar-refractivity contribution in [3.05, 3.63) is 129 Å². The fourth-order valence-electron chi connectivity index (χ4n) is 5.78. The smallest absolute Gasteiger partial charge is 0.416 e. The number of amides is 2. The van der Waals surface area contributed by atoms with Crippen molar-refractivity contribution in [2.24, 2.45) is 0 Å². The molecule has 0 saturated carbocycles. The summed E-state index contributed by atoms with van der Waals surface area (Å²) >= 11 is 6.62. The van der Waals surface area contributed by atoms with Crippen LogP contribution < -0.4 is 14.8 Å². The third kappa shape index (κ3) is 6.81. The third-order valence-electron chi connectivity index (χ3n) is 7.99. The molecule has 0 bridgehead atoms. The number of methoxy groups -OCH3 is 1. The number of fused-ring (bicyclic) bond motifs is 3. The van der Waals surface area contributed by atoms with Crippen LogP contribution in [-0.2, 0) is 17.5 Å².